The van der Waals surface area contributed by atoms with Crippen molar-refractivity contribution in [2.24, 2.45) is 5.92 Å². The van der Waals surface area contributed by atoms with Gasteiger partial charge in [-0.1, -0.05) is 219 Å². The molecule has 25 heteroatoms. The van der Waals surface area contributed by atoms with E-state index >= 15 is 0 Å². The molecule has 2 aliphatic heterocycles. The summed E-state index contributed by atoms with van der Waals surface area (Å²) in [5.41, 5.74) is 0. The fourth-order valence-electron chi connectivity index (χ4n) is 12.5. The minimum atomic E-state index is -5.70. The van der Waals surface area contributed by atoms with Crippen LogP contribution in [0.5, 0.6) is 0 Å². The average molecular weight is 1430 g/mol. The van der Waals surface area contributed by atoms with Crippen molar-refractivity contribution < 1.29 is 117 Å². The molecule has 0 spiro atoms. The standard InChI is InChI=1S/C73H133O24P/c1-5-8-11-14-17-19-21-23-25-26-28-30-36-41-46-57(75)89-50-54(92-59(77)48-43-38-31-29-27-24-22-20-18-15-12-9-6-2)51-91-98(87,88)97-71-69(95-72-67(85)62(80)60(78)55(49-74)93-72)65(83)64(82)66(84)70(71)96-73-68(86)63(81)61(79)56(94-73)52-90-58(76)47-42-37-33-32-35-40-45-53(4)44-39-34-16-13-10-7-3/h24-27,53-56,60-74,78-86H,5-23,28-52H2,1-4H3,(H,87,88)/b26-25-,27-24-. The maximum Gasteiger partial charge on any atom is 0.472 e. The molecule has 1 aliphatic carbocycles. The molecule has 24 nitrogen and oxygen atoms in total. The number of hydrogen-bond donors (Lipinski definition) is 11. The normalized spacial score (nSPS) is 28.1. The number of unbranched alkanes of at least 4 members (excludes halogenated alkanes) is 29. The van der Waals surface area contributed by atoms with E-state index in [4.69, 9.17) is 42.2 Å². The highest BCUT2D eigenvalue weighted by Gasteiger charge is 2.58. The van der Waals surface area contributed by atoms with Gasteiger partial charge in [-0.15, -0.1) is 0 Å². The van der Waals surface area contributed by atoms with E-state index in [0.29, 0.717) is 31.6 Å². The number of carbonyl (C=O) groups is 3. The molecule has 0 aromatic heterocycles. The predicted octanol–water partition coefficient (Wildman–Crippen LogP) is 10.4. The second-order valence-corrected chi connectivity index (χ2v) is 29.0. The molecular formula is C73H133O24P. The Bertz CT molecular complexity index is 2140. The van der Waals surface area contributed by atoms with Crippen LogP contribution in [0.2, 0.25) is 0 Å². The molecule has 3 fully saturated rings. The average Bonchev–Trinajstić information content (AvgIpc) is 0.763. The summed E-state index contributed by atoms with van der Waals surface area (Å²) in [5, 5.41) is 110. The van der Waals surface area contributed by atoms with Crippen molar-refractivity contribution in [1.82, 2.24) is 0 Å². The van der Waals surface area contributed by atoms with Crippen molar-refractivity contribution in [2.45, 2.75) is 389 Å². The van der Waals surface area contributed by atoms with Gasteiger partial charge in [0.25, 0.3) is 0 Å². The van der Waals surface area contributed by atoms with Gasteiger partial charge in [-0.25, -0.2) is 4.57 Å². The Kier molecular flexibility index (Phi) is 49.5. The van der Waals surface area contributed by atoms with Gasteiger partial charge in [0.15, 0.2) is 18.7 Å². The van der Waals surface area contributed by atoms with Crippen LogP contribution in [0.15, 0.2) is 24.3 Å². The topological polar surface area (TPSA) is 374 Å². The zero-order valence-corrected chi connectivity index (χ0v) is 60.9. The van der Waals surface area contributed by atoms with E-state index < -0.39 is 156 Å². The Morgan fingerprint density at radius 1 is 0.418 bits per heavy atom. The van der Waals surface area contributed by atoms with Crippen LogP contribution in [0.25, 0.3) is 0 Å². The molecule has 98 heavy (non-hydrogen) atoms. The summed E-state index contributed by atoms with van der Waals surface area (Å²) in [5.74, 6) is -1.33. The monoisotopic (exact) mass is 1420 g/mol. The SMILES string of the molecule is CCCCCCCC/C=C\CCCCCC(=O)OC(COC(=O)CCCCC/C=C\CCCCCCCCC)COP(=O)(O)OC1C(OC2OC(CO)C(O)C(O)C2O)C(O)C(O)C(O)C1OC1OC(COC(=O)CCCCCCCCC(C)CCCCCCCC)C(O)C(O)C1O. The molecule has 0 radical (unpaired) electrons. The Hall–Kier alpha value is -2.56. The van der Waals surface area contributed by atoms with Gasteiger partial charge in [0.2, 0.25) is 0 Å². The summed E-state index contributed by atoms with van der Waals surface area (Å²) in [6.07, 6.45) is 12.6. The van der Waals surface area contributed by atoms with Crippen molar-refractivity contribution in [1.29, 1.82) is 0 Å². The van der Waals surface area contributed by atoms with Gasteiger partial charge < -0.3 is 89.1 Å². The summed E-state index contributed by atoms with van der Waals surface area (Å²) < 4.78 is 65.0. The largest absolute Gasteiger partial charge is 0.472 e. The Balaban J connectivity index is 1.74. The van der Waals surface area contributed by atoms with Gasteiger partial charge in [0.05, 0.1) is 13.2 Å². The van der Waals surface area contributed by atoms with Crippen LogP contribution in [-0.4, -0.2) is 204 Å². The summed E-state index contributed by atoms with van der Waals surface area (Å²) >= 11 is 0. The first-order valence-electron chi connectivity index (χ1n) is 38.0. The number of hydrogen-bond acceptors (Lipinski definition) is 23. The predicted molar refractivity (Wildman–Crippen MR) is 370 cm³/mol. The smallest absolute Gasteiger partial charge is 0.463 e. The second-order valence-electron chi connectivity index (χ2n) is 27.6. The van der Waals surface area contributed by atoms with E-state index in [1.165, 1.54) is 122 Å². The van der Waals surface area contributed by atoms with E-state index in [1.54, 1.807) is 0 Å². The molecule has 0 aromatic rings. The highest BCUT2D eigenvalue weighted by Crippen LogP contribution is 2.49. The first kappa shape index (κ1) is 89.7. The molecule has 3 rings (SSSR count). The van der Waals surface area contributed by atoms with E-state index in [0.717, 1.165) is 89.9 Å². The molecule has 0 bridgehead atoms. The first-order chi connectivity index (χ1) is 47.2. The fourth-order valence-corrected chi connectivity index (χ4v) is 13.5. The molecule has 2 saturated heterocycles. The van der Waals surface area contributed by atoms with E-state index in [2.05, 4.69) is 52.0 Å². The molecule has 3 aliphatic rings. The minimum absolute atomic E-state index is 0.0220. The molecule has 0 amide bonds. The molecule has 19 unspecified atom stereocenters. The van der Waals surface area contributed by atoms with Crippen molar-refractivity contribution in [3.63, 3.8) is 0 Å². The third kappa shape index (κ3) is 37.2. The lowest BCUT2D eigenvalue weighted by Gasteiger charge is -2.49. The third-order valence-electron chi connectivity index (χ3n) is 18.8. The summed E-state index contributed by atoms with van der Waals surface area (Å²) in [4.78, 5) is 51.0. The van der Waals surface area contributed by atoms with Gasteiger partial charge in [-0.2, -0.15) is 0 Å². The lowest BCUT2D eigenvalue weighted by atomic mass is 9.84. The van der Waals surface area contributed by atoms with Crippen molar-refractivity contribution in [2.75, 3.05) is 26.4 Å². The van der Waals surface area contributed by atoms with Crippen LogP contribution in [-0.2, 0) is 61.2 Å². The molecule has 2 heterocycles. The Morgan fingerprint density at radius 3 is 1.21 bits per heavy atom. The minimum Gasteiger partial charge on any atom is -0.463 e. The van der Waals surface area contributed by atoms with Gasteiger partial charge in [-0.05, 0) is 76.5 Å². The highest BCUT2D eigenvalue weighted by molar-refractivity contribution is 7.47. The first-order valence-corrected chi connectivity index (χ1v) is 39.5. The van der Waals surface area contributed by atoms with Crippen LogP contribution < -0.4 is 0 Å². The summed E-state index contributed by atoms with van der Waals surface area (Å²) in [6.45, 7) is 5.72. The molecular weight excluding hydrogens is 1290 g/mol. The van der Waals surface area contributed by atoms with Gasteiger partial charge >= 0.3 is 25.7 Å². The van der Waals surface area contributed by atoms with Crippen LogP contribution in [0.3, 0.4) is 0 Å². The number of allylic oxidation sites excluding steroid dienone is 4. The zero-order valence-electron chi connectivity index (χ0n) is 60.0. The third-order valence-corrected chi connectivity index (χ3v) is 19.8. The number of phosphoric acid groups is 1. The lowest BCUT2D eigenvalue weighted by Crippen LogP contribution is -2.69. The van der Waals surface area contributed by atoms with Gasteiger partial charge in [0.1, 0.15) is 98.7 Å². The lowest BCUT2D eigenvalue weighted by molar-refractivity contribution is -0.360. The van der Waals surface area contributed by atoms with Crippen LogP contribution in [0, 0.1) is 5.92 Å². The summed E-state index contributed by atoms with van der Waals surface area (Å²) in [6, 6.07) is 0. The fraction of sp³-hybridized carbons (Fsp3) is 0.904. The zero-order chi connectivity index (χ0) is 71.9. The maximum absolute atomic E-state index is 14.3. The number of rotatable bonds is 58. The molecule has 19 atom stereocenters. The van der Waals surface area contributed by atoms with Crippen molar-refractivity contribution >= 4 is 25.7 Å². The molecule has 574 valence electrons. The number of carbonyl (C=O) groups excluding carboxylic acids is 3. The number of esters is 3. The highest BCUT2D eigenvalue weighted by atomic mass is 31.2. The molecule has 0 aromatic carbocycles. The van der Waals surface area contributed by atoms with Crippen LogP contribution >= 0.6 is 7.82 Å². The van der Waals surface area contributed by atoms with Crippen molar-refractivity contribution in [3.8, 4) is 0 Å². The number of aliphatic hydroxyl groups is 10. The molecule has 11 N–H and O–H groups in total. The Morgan fingerprint density at radius 2 is 0.776 bits per heavy atom. The maximum atomic E-state index is 14.3. The van der Waals surface area contributed by atoms with Crippen LogP contribution in [0.4, 0.5) is 0 Å². The van der Waals surface area contributed by atoms with Crippen molar-refractivity contribution in [3.05, 3.63) is 24.3 Å². The summed E-state index contributed by atoms with van der Waals surface area (Å²) in [7, 11) is -5.70. The Labute approximate surface area is 585 Å². The quantitative estimate of drug-likeness (QED) is 0.00886. The van der Waals surface area contributed by atoms with E-state index in [1.807, 2.05) is 0 Å². The van der Waals surface area contributed by atoms with Crippen LogP contribution in [0.1, 0.15) is 285 Å². The van der Waals surface area contributed by atoms with Gasteiger partial charge in [0, 0.05) is 19.3 Å². The second kappa shape index (κ2) is 54.1. The molecule has 1 saturated carbocycles. The number of phosphoric ester groups is 1. The number of aliphatic hydroxyl groups excluding tert-OH is 10. The van der Waals surface area contributed by atoms with Gasteiger partial charge in [-0.3, -0.25) is 23.4 Å². The number of ether oxygens (including phenoxy) is 7. The van der Waals surface area contributed by atoms with E-state index in [-0.39, 0.29) is 19.3 Å². The van der Waals surface area contributed by atoms with E-state index in [9.17, 15) is 74.9 Å².